The Bertz CT molecular complexity index is 270. The van der Waals surface area contributed by atoms with Gasteiger partial charge in [-0.1, -0.05) is 0 Å². The van der Waals surface area contributed by atoms with Crippen LogP contribution in [0.15, 0.2) is 12.1 Å². The first-order valence-corrected chi connectivity index (χ1v) is 5.89. The van der Waals surface area contributed by atoms with E-state index in [0.717, 1.165) is 13.0 Å². The van der Waals surface area contributed by atoms with Crippen LogP contribution in [0.3, 0.4) is 0 Å². The molecule has 0 fully saturated rings. The molecule has 3 heteroatoms. The number of aliphatic hydroxyl groups excluding tert-OH is 1. The second-order valence-electron chi connectivity index (χ2n) is 3.76. The maximum atomic E-state index is 9.10. The number of nitrogens with one attached hydrogen (secondary N) is 1. The van der Waals surface area contributed by atoms with E-state index < -0.39 is 0 Å². The molecule has 0 saturated carbocycles. The van der Waals surface area contributed by atoms with Gasteiger partial charge in [0.2, 0.25) is 0 Å². The first-order chi connectivity index (χ1) is 6.59. The summed E-state index contributed by atoms with van der Waals surface area (Å²) in [6.45, 7) is 6.97. The molecule has 0 aliphatic rings. The zero-order valence-corrected chi connectivity index (χ0v) is 9.90. The van der Waals surface area contributed by atoms with Gasteiger partial charge >= 0.3 is 0 Å². The molecule has 0 amide bonds. The van der Waals surface area contributed by atoms with Crippen molar-refractivity contribution in [2.24, 2.45) is 0 Å². The van der Waals surface area contributed by atoms with Crippen molar-refractivity contribution in [3.63, 3.8) is 0 Å². The summed E-state index contributed by atoms with van der Waals surface area (Å²) < 4.78 is 0. The predicted molar refractivity (Wildman–Crippen MR) is 61.8 cm³/mol. The smallest absolute Gasteiger partial charge is 0.0524 e. The molecule has 0 aliphatic carbocycles. The van der Waals surface area contributed by atoms with E-state index in [9.17, 15) is 0 Å². The van der Waals surface area contributed by atoms with Crippen molar-refractivity contribution in [2.75, 3.05) is 6.54 Å². The van der Waals surface area contributed by atoms with Gasteiger partial charge in [-0.25, -0.2) is 0 Å². The largest absolute Gasteiger partial charge is 0.393 e. The lowest BCUT2D eigenvalue weighted by Crippen LogP contribution is -2.21. The van der Waals surface area contributed by atoms with Crippen LogP contribution in [0, 0.1) is 6.92 Å². The highest BCUT2D eigenvalue weighted by molar-refractivity contribution is 7.12. The van der Waals surface area contributed by atoms with E-state index in [-0.39, 0.29) is 6.10 Å². The predicted octanol–water partition coefficient (Wildman–Crippen LogP) is 2.48. The first-order valence-electron chi connectivity index (χ1n) is 5.07. The lowest BCUT2D eigenvalue weighted by atomic mass is 10.2. The van der Waals surface area contributed by atoms with E-state index in [2.05, 4.69) is 31.3 Å². The fourth-order valence-electron chi connectivity index (χ4n) is 1.30. The first kappa shape index (κ1) is 11.7. The van der Waals surface area contributed by atoms with E-state index in [1.165, 1.54) is 9.75 Å². The molecule has 1 rings (SSSR count). The molecule has 2 atom stereocenters. The summed E-state index contributed by atoms with van der Waals surface area (Å²) in [7, 11) is 0. The Balaban J connectivity index is 2.32. The molecule has 1 aromatic rings. The number of hydrogen-bond acceptors (Lipinski definition) is 3. The Hall–Kier alpha value is -0.380. The highest BCUT2D eigenvalue weighted by Crippen LogP contribution is 2.21. The fraction of sp³-hybridized carbons (Fsp3) is 0.636. The zero-order valence-electron chi connectivity index (χ0n) is 9.08. The van der Waals surface area contributed by atoms with Gasteiger partial charge in [0.25, 0.3) is 0 Å². The zero-order chi connectivity index (χ0) is 10.6. The molecule has 0 bridgehead atoms. The molecule has 1 heterocycles. The van der Waals surface area contributed by atoms with Crippen LogP contribution in [-0.4, -0.2) is 17.8 Å². The monoisotopic (exact) mass is 213 g/mol. The summed E-state index contributed by atoms with van der Waals surface area (Å²) in [5, 5.41) is 12.5. The molecule has 2 N–H and O–H groups in total. The van der Waals surface area contributed by atoms with Gasteiger partial charge in [0, 0.05) is 15.8 Å². The number of aliphatic hydroxyl groups is 1. The molecule has 0 saturated heterocycles. The van der Waals surface area contributed by atoms with Gasteiger partial charge in [-0.2, -0.15) is 0 Å². The Labute approximate surface area is 90.0 Å². The summed E-state index contributed by atoms with van der Waals surface area (Å²) in [5.74, 6) is 0. The average Bonchev–Trinajstić information content (AvgIpc) is 2.51. The summed E-state index contributed by atoms with van der Waals surface area (Å²) in [6, 6.07) is 4.71. The van der Waals surface area contributed by atoms with E-state index in [4.69, 9.17) is 5.11 Å². The second-order valence-corrected chi connectivity index (χ2v) is 5.08. The number of hydrogen-bond donors (Lipinski definition) is 2. The molecule has 0 aromatic carbocycles. The van der Waals surface area contributed by atoms with E-state index >= 15 is 0 Å². The van der Waals surface area contributed by atoms with Gasteiger partial charge in [-0.05, 0) is 45.9 Å². The van der Waals surface area contributed by atoms with E-state index in [1.54, 1.807) is 0 Å². The van der Waals surface area contributed by atoms with Crippen LogP contribution in [0.4, 0.5) is 0 Å². The minimum Gasteiger partial charge on any atom is -0.393 e. The lowest BCUT2D eigenvalue weighted by molar-refractivity contribution is 0.182. The van der Waals surface area contributed by atoms with Gasteiger partial charge in [0.15, 0.2) is 0 Å². The Morgan fingerprint density at radius 1 is 1.43 bits per heavy atom. The van der Waals surface area contributed by atoms with Crippen LogP contribution in [0.5, 0.6) is 0 Å². The lowest BCUT2D eigenvalue weighted by Gasteiger charge is -2.12. The average molecular weight is 213 g/mol. The standard InChI is InChI=1S/C11H19NOS/c1-8(13)6-7-12-10(3)11-5-4-9(2)14-11/h4-5,8,10,12-13H,6-7H2,1-3H3/t8-,10+/m0/s1. The fourth-order valence-corrected chi connectivity index (χ4v) is 2.20. The summed E-state index contributed by atoms with van der Waals surface area (Å²) in [4.78, 5) is 2.72. The van der Waals surface area contributed by atoms with E-state index in [0.29, 0.717) is 6.04 Å². The Morgan fingerprint density at radius 2 is 2.14 bits per heavy atom. The third-order valence-corrected chi connectivity index (χ3v) is 3.38. The van der Waals surface area contributed by atoms with Gasteiger partial charge in [-0.3, -0.25) is 0 Å². The third kappa shape index (κ3) is 3.78. The normalized spacial score (nSPS) is 15.4. The minimum atomic E-state index is -0.209. The highest BCUT2D eigenvalue weighted by Gasteiger charge is 2.06. The summed E-state index contributed by atoms with van der Waals surface area (Å²) >= 11 is 1.83. The van der Waals surface area contributed by atoms with Crippen LogP contribution < -0.4 is 5.32 Å². The molecule has 80 valence electrons. The Kier molecular flexibility index (Phi) is 4.58. The highest BCUT2D eigenvalue weighted by atomic mass is 32.1. The van der Waals surface area contributed by atoms with Crippen molar-refractivity contribution >= 4 is 11.3 Å². The van der Waals surface area contributed by atoms with Gasteiger partial charge in [0.1, 0.15) is 0 Å². The molecule has 14 heavy (non-hydrogen) atoms. The molecular formula is C11H19NOS. The second kappa shape index (κ2) is 5.49. The molecular weight excluding hydrogens is 194 g/mol. The molecule has 0 radical (unpaired) electrons. The van der Waals surface area contributed by atoms with Crippen LogP contribution in [0.1, 0.15) is 36.1 Å². The topological polar surface area (TPSA) is 32.3 Å². The quantitative estimate of drug-likeness (QED) is 0.787. The third-order valence-electron chi connectivity index (χ3n) is 2.20. The molecule has 1 aromatic heterocycles. The van der Waals surface area contributed by atoms with Gasteiger partial charge < -0.3 is 10.4 Å². The number of rotatable bonds is 5. The van der Waals surface area contributed by atoms with Crippen molar-refractivity contribution in [1.29, 1.82) is 0 Å². The van der Waals surface area contributed by atoms with Crippen LogP contribution in [0.2, 0.25) is 0 Å². The van der Waals surface area contributed by atoms with Crippen molar-refractivity contribution in [3.8, 4) is 0 Å². The van der Waals surface area contributed by atoms with Crippen molar-refractivity contribution in [2.45, 2.75) is 39.3 Å². The van der Waals surface area contributed by atoms with Crippen LogP contribution in [0.25, 0.3) is 0 Å². The van der Waals surface area contributed by atoms with Gasteiger partial charge in [-0.15, -0.1) is 11.3 Å². The SMILES string of the molecule is Cc1ccc([C@@H](C)NCC[C@H](C)O)s1. The summed E-state index contributed by atoms with van der Waals surface area (Å²) in [6.07, 6.45) is 0.606. The van der Waals surface area contributed by atoms with Crippen LogP contribution >= 0.6 is 11.3 Å². The number of thiophene rings is 1. The van der Waals surface area contributed by atoms with Crippen LogP contribution in [-0.2, 0) is 0 Å². The maximum Gasteiger partial charge on any atom is 0.0524 e. The van der Waals surface area contributed by atoms with Crippen molar-refractivity contribution < 1.29 is 5.11 Å². The van der Waals surface area contributed by atoms with Gasteiger partial charge in [0.05, 0.1) is 6.10 Å². The Morgan fingerprint density at radius 3 is 2.64 bits per heavy atom. The molecule has 2 nitrogen and oxygen atoms in total. The minimum absolute atomic E-state index is 0.209. The van der Waals surface area contributed by atoms with Crippen molar-refractivity contribution in [3.05, 3.63) is 21.9 Å². The number of aryl methyl sites for hydroxylation is 1. The molecule has 0 spiro atoms. The summed E-state index contributed by atoms with van der Waals surface area (Å²) in [5.41, 5.74) is 0. The molecule has 0 aliphatic heterocycles. The maximum absolute atomic E-state index is 9.10. The van der Waals surface area contributed by atoms with Crippen molar-refractivity contribution in [1.82, 2.24) is 5.32 Å². The molecule has 0 unspecified atom stereocenters. The van der Waals surface area contributed by atoms with E-state index in [1.807, 2.05) is 18.3 Å².